The third-order valence-corrected chi connectivity index (χ3v) is 4.21. The summed E-state index contributed by atoms with van der Waals surface area (Å²) in [6.45, 7) is 0. The monoisotopic (exact) mass is 282 g/mol. The Morgan fingerprint density at radius 1 is 1.10 bits per heavy atom. The first-order valence-electron chi connectivity index (χ1n) is 6.34. The Balaban J connectivity index is 1.88. The molecule has 20 heavy (non-hydrogen) atoms. The van der Waals surface area contributed by atoms with Crippen LogP contribution in [-0.4, -0.2) is 17.9 Å². The SMILES string of the molecule is CNC(=O)c1ccc(Sc2cccc3[nH]ccc23)cc1. The van der Waals surface area contributed by atoms with E-state index in [0.717, 1.165) is 10.4 Å². The molecule has 0 radical (unpaired) electrons. The number of nitrogens with one attached hydrogen (secondary N) is 2. The van der Waals surface area contributed by atoms with Crippen LogP contribution in [0.2, 0.25) is 0 Å². The summed E-state index contributed by atoms with van der Waals surface area (Å²) < 4.78 is 0. The zero-order valence-corrected chi connectivity index (χ0v) is 11.8. The fourth-order valence-electron chi connectivity index (χ4n) is 2.09. The molecule has 1 amide bonds. The Bertz CT molecular complexity index is 747. The maximum atomic E-state index is 11.5. The number of carbonyl (C=O) groups excluding carboxylic acids is 1. The molecule has 1 heterocycles. The average molecular weight is 282 g/mol. The summed E-state index contributed by atoms with van der Waals surface area (Å²) in [7, 11) is 1.64. The van der Waals surface area contributed by atoms with E-state index >= 15 is 0 Å². The summed E-state index contributed by atoms with van der Waals surface area (Å²) in [5.74, 6) is -0.0608. The molecule has 3 nitrogen and oxygen atoms in total. The van der Waals surface area contributed by atoms with E-state index in [1.54, 1.807) is 18.8 Å². The van der Waals surface area contributed by atoms with Gasteiger partial charge in [0.2, 0.25) is 0 Å². The maximum absolute atomic E-state index is 11.5. The lowest BCUT2D eigenvalue weighted by atomic mass is 10.2. The van der Waals surface area contributed by atoms with Gasteiger partial charge in [-0.2, -0.15) is 0 Å². The summed E-state index contributed by atoms with van der Waals surface area (Å²) in [6.07, 6.45) is 1.95. The summed E-state index contributed by atoms with van der Waals surface area (Å²) in [5, 5.41) is 3.84. The molecule has 0 aliphatic rings. The zero-order chi connectivity index (χ0) is 13.9. The second-order valence-corrected chi connectivity index (χ2v) is 5.52. The van der Waals surface area contributed by atoms with Gasteiger partial charge in [0.25, 0.3) is 5.91 Å². The fourth-order valence-corrected chi connectivity index (χ4v) is 3.05. The van der Waals surface area contributed by atoms with Gasteiger partial charge < -0.3 is 10.3 Å². The Labute approximate surface area is 121 Å². The van der Waals surface area contributed by atoms with E-state index in [1.807, 2.05) is 36.5 Å². The predicted octanol–water partition coefficient (Wildman–Crippen LogP) is 3.68. The van der Waals surface area contributed by atoms with Crippen LogP contribution in [0.25, 0.3) is 10.9 Å². The van der Waals surface area contributed by atoms with Gasteiger partial charge in [0.15, 0.2) is 0 Å². The standard InChI is InChI=1S/C16H14N2OS/c1-17-16(19)11-5-7-12(8-6-11)20-15-4-2-3-14-13(15)9-10-18-14/h2-10,18H,1H3,(H,17,19). The first-order chi connectivity index (χ1) is 9.78. The Morgan fingerprint density at radius 3 is 2.65 bits per heavy atom. The number of rotatable bonds is 3. The number of hydrogen-bond acceptors (Lipinski definition) is 2. The van der Waals surface area contributed by atoms with Crippen molar-refractivity contribution in [3.63, 3.8) is 0 Å². The highest BCUT2D eigenvalue weighted by Gasteiger charge is 2.05. The molecular formula is C16H14N2OS. The molecule has 2 N–H and O–H groups in total. The average Bonchev–Trinajstić information content (AvgIpc) is 2.97. The van der Waals surface area contributed by atoms with E-state index in [-0.39, 0.29) is 5.91 Å². The smallest absolute Gasteiger partial charge is 0.251 e. The molecule has 0 bridgehead atoms. The van der Waals surface area contributed by atoms with E-state index in [4.69, 9.17) is 0 Å². The van der Waals surface area contributed by atoms with Crippen LogP contribution in [0.4, 0.5) is 0 Å². The van der Waals surface area contributed by atoms with Crippen molar-refractivity contribution in [1.82, 2.24) is 10.3 Å². The van der Waals surface area contributed by atoms with Gasteiger partial charge in [-0.1, -0.05) is 17.8 Å². The number of benzene rings is 2. The minimum Gasteiger partial charge on any atom is -0.361 e. The number of aromatic amines is 1. The zero-order valence-electron chi connectivity index (χ0n) is 11.0. The Kier molecular flexibility index (Phi) is 3.48. The predicted molar refractivity (Wildman–Crippen MR) is 82.3 cm³/mol. The van der Waals surface area contributed by atoms with Gasteiger partial charge in [-0.05, 0) is 42.5 Å². The number of aromatic nitrogens is 1. The van der Waals surface area contributed by atoms with Gasteiger partial charge in [0, 0.05) is 39.5 Å². The van der Waals surface area contributed by atoms with Crippen LogP contribution >= 0.6 is 11.8 Å². The second kappa shape index (κ2) is 5.43. The van der Waals surface area contributed by atoms with Crippen molar-refractivity contribution in [2.75, 3.05) is 7.05 Å². The van der Waals surface area contributed by atoms with Crippen molar-refractivity contribution in [2.45, 2.75) is 9.79 Å². The number of H-pyrrole nitrogens is 1. The minimum absolute atomic E-state index is 0.0608. The van der Waals surface area contributed by atoms with Gasteiger partial charge in [0.1, 0.15) is 0 Å². The van der Waals surface area contributed by atoms with Crippen molar-refractivity contribution in [3.05, 3.63) is 60.3 Å². The molecule has 1 aromatic heterocycles. The molecule has 0 unspecified atom stereocenters. The van der Waals surface area contributed by atoms with Gasteiger partial charge >= 0.3 is 0 Å². The number of hydrogen-bond donors (Lipinski definition) is 2. The highest BCUT2D eigenvalue weighted by Crippen LogP contribution is 2.33. The Morgan fingerprint density at radius 2 is 1.90 bits per heavy atom. The summed E-state index contributed by atoms with van der Waals surface area (Å²) in [5.41, 5.74) is 1.81. The molecule has 0 spiro atoms. The number of fused-ring (bicyclic) bond motifs is 1. The molecule has 3 rings (SSSR count). The van der Waals surface area contributed by atoms with Crippen molar-refractivity contribution in [2.24, 2.45) is 0 Å². The van der Waals surface area contributed by atoms with E-state index in [0.29, 0.717) is 5.56 Å². The largest absolute Gasteiger partial charge is 0.361 e. The van der Waals surface area contributed by atoms with Crippen molar-refractivity contribution in [1.29, 1.82) is 0 Å². The van der Waals surface area contributed by atoms with Crippen molar-refractivity contribution >= 4 is 28.6 Å². The lowest BCUT2D eigenvalue weighted by molar-refractivity contribution is 0.0963. The first kappa shape index (κ1) is 12.8. The van der Waals surface area contributed by atoms with Crippen LogP contribution < -0.4 is 5.32 Å². The van der Waals surface area contributed by atoms with E-state index in [1.165, 1.54) is 10.3 Å². The number of carbonyl (C=O) groups is 1. The van der Waals surface area contributed by atoms with Gasteiger partial charge in [0.05, 0.1) is 0 Å². The molecule has 4 heteroatoms. The summed E-state index contributed by atoms with van der Waals surface area (Å²) >= 11 is 1.70. The molecule has 0 aliphatic carbocycles. The lowest BCUT2D eigenvalue weighted by Crippen LogP contribution is -2.17. The molecule has 0 saturated heterocycles. The van der Waals surface area contributed by atoms with E-state index in [2.05, 4.69) is 28.5 Å². The molecule has 0 aliphatic heterocycles. The van der Waals surface area contributed by atoms with E-state index < -0.39 is 0 Å². The normalized spacial score (nSPS) is 10.7. The quantitative estimate of drug-likeness (QED) is 0.769. The molecular weight excluding hydrogens is 268 g/mol. The maximum Gasteiger partial charge on any atom is 0.251 e. The highest BCUT2D eigenvalue weighted by molar-refractivity contribution is 7.99. The number of amides is 1. The topological polar surface area (TPSA) is 44.9 Å². The Hall–Kier alpha value is -2.20. The highest BCUT2D eigenvalue weighted by atomic mass is 32.2. The summed E-state index contributed by atoms with van der Waals surface area (Å²) in [6, 6.07) is 15.9. The lowest BCUT2D eigenvalue weighted by Gasteiger charge is -2.05. The van der Waals surface area contributed by atoms with E-state index in [9.17, 15) is 4.79 Å². The molecule has 0 fully saturated rings. The molecule has 0 saturated carbocycles. The van der Waals surface area contributed by atoms with Gasteiger partial charge in [-0.15, -0.1) is 0 Å². The van der Waals surface area contributed by atoms with Crippen molar-refractivity contribution in [3.8, 4) is 0 Å². The van der Waals surface area contributed by atoms with Crippen LogP contribution in [0.3, 0.4) is 0 Å². The molecule has 0 atom stereocenters. The van der Waals surface area contributed by atoms with Crippen LogP contribution in [-0.2, 0) is 0 Å². The van der Waals surface area contributed by atoms with Crippen LogP contribution in [0.5, 0.6) is 0 Å². The third-order valence-electron chi connectivity index (χ3n) is 3.13. The summed E-state index contributed by atoms with van der Waals surface area (Å²) in [4.78, 5) is 17.0. The molecule has 100 valence electrons. The van der Waals surface area contributed by atoms with Crippen molar-refractivity contribution < 1.29 is 4.79 Å². The minimum atomic E-state index is -0.0608. The van der Waals surface area contributed by atoms with Gasteiger partial charge in [-0.25, -0.2) is 0 Å². The van der Waals surface area contributed by atoms with Gasteiger partial charge in [-0.3, -0.25) is 4.79 Å². The second-order valence-electron chi connectivity index (χ2n) is 4.40. The van der Waals surface area contributed by atoms with Crippen LogP contribution in [0.15, 0.2) is 64.5 Å². The van der Waals surface area contributed by atoms with Crippen LogP contribution in [0.1, 0.15) is 10.4 Å². The molecule has 3 aromatic rings. The first-order valence-corrected chi connectivity index (χ1v) is 7.15. The third kappa shape index (κ3) is 2.42. The van der Waals surface area contributed by atoms with Crippen LogP contribution in [0, 0.1) is 0 Å². The fraction of sp³-hybridized carbons (Fsp3) is 0.0625. The molecule has 2 aromatic carbocycles.